The van der Waals surface area contributed by atoms with Crippen LogP contribution in [0, 0.1) is 11.8 Å². The van der Waals surface area contributed by atoms with Crippen LogP contribution < -0.4 is 10.0 Å². The summed E-state index contributed by atoms with van der Waals surface area (Å²) in [7, 11) is -3.33. The van der Waals surface area contributed by atoms with Gasteiger partial charge in [-0.3, -0.25) is 4.79 Å². The van der Waals surface area contributed by atoms with Crippen LogP contribution in [0.5, 0.6) is 0 Å². The molecule has 0 heterocycles. The Balaban J connectivity index is 1.94. The van der Waals surface area contributed by atoms with E-state index in [-0.39, 0.29) is 18.4 Å². The van der Waals surface area contributed by atoms with Gasteiger partial charge in [0.1, 0.15) is 0 Å². The summed E-state index contributed by atoms with van der Waals surface area (Å²) in [5.74, 6) is -0.875. The Labute approximate surface area is 119 Å². The van der Waals surface area contributed by atoms with Gasteiger partial charge in [0.2, 0.25) is 10.0 Å². The number of hydrogen-bond acceptors (Lipinski definition) is 3. The molecule has 0 bridgehead atoms. The first-order valence-electron chi connectivity index (χ1n) is 7.02. The van der Waals surface area contributed by atoms with Crippen molar-refractivity contribution in [3.63, 3.8) is 0 Å². The van der Waals surface area contributed by atoms with Crippen molar-refractivity contribution < 1.29 is 17.6 Å². The van der Waals surface area contributed by atoms with Crippen molar-refractivity contribution in [3.8, 4) is 0 Å². The van der Waals surface area contributed by atoms with Crippen molar-refractivity contribution in [3.05, 3.63) is 0 Å². The zero-order valence-electron chi connectivity index (χ0n) is 12.2. The van der Waals surface area contributed by atoms with Crippen LogP contribution >= 0.6 is 0 Å². The summed E-state index contributed by atoms with van der Waals surface area (Å²) in [6.07, 6.45) is 4.57. The van der Waals surface area contributed by atoms with E-state index in [1.165, 1.54) is 0 Å². The number of halogens is 1. The summed E-state index contributed by atoms with van der Waals surface area (Å²) >= 11 is 0. The SMILES string of the molecule is CC(C)(CNS(C)(=O)=O)NC(=O)C1(F)C2CCCCC21. The Hall–Kier alpha value is -0.690. The first kappa shape index (κ1) is 15.7. The van der Waals surface area contributed by atoms with Crippen LogP contribution in [-0.4, -0.2) is 38.3 Å². The molecule has 116 valence electrons. The van der Waals surface area contributed by atoms with Gasteiger partial charge < -0.3 is 5.32 Å². The zero-order valence-corrected chi connectivity index (χ0v) is 13.0. The zero-order chi connectivity index (χ0) is 15.2. The van der Waals surface area contributed by atoms with Gasteiger partial charge >= 0.3 is 0 Å². The Morgan fingerprint density at radius 2 is 1.80 bits per heavy atom. The molecule has 0 aliphatic heterocycles. The summed E-state index contributed by atoms with van der Waals surface area (Å²) in [4.78, 5) is 12.2. The van der Waals surface area contributed by atoms with E-state index in [2.05, 4.69) is 10.0 Å². The van der Waals surface area contributed by atoms with Crippen molar-refractivity contribution in [2.24, 2.45) is 11.8 Å². The highest BCUT2D eigenvalue weighted by molar-refractivity contribution is 7.88. The number of fused-ring (bicyclic) bond motifs is 1. The number of hydrogen-bond donors (Lipinski definition) is 2. The lowest BCUT2D eigenvalue weighted by atomic mass is 10.0. The average molecular weight is 306 g/mol. The van der Waals surface area contributed by atoms with E-state index in [4.69, 9.17) is 0 Å². The molecular formula is C13H23FN2O3S. The fraction of sp³-hybridized carbons (Fsp3) is 0.923. The number of nitrogens with one attached hydrogen (secondary N) is 2. The number of sulfonamides is 1. The van der Waals surface area contributed by atoms with Gasteiger partial charge in [-0.15, -0.1) is 0 Å². The molecule has 2 fully saturated rings. The molecule has 0 aromatic carbocycles. The second kappa shape index (κ2) is 4.94. The van der Waals surface area contributed by atoms with Gasteiger partial charge in [0, 0.05) is 23.9 Å². The molecule has 0 spiro atoms. The molecule has 5 nitrogen and oxygen atoms in total. The lowest BCUT2D eigenvalue weighted by molar-refractivity contribution is -0.130. The first-order chi connectivity index (χ1) is 9.06. The summed E-state index contributed by atoms with van der Waals surface area (Å²) in [5.41, 5.74) is -2.55. The topological polar surface area (TPSA) is 75.3 Å². The molecule has 2 aliphatic rings. The maximum Gasteiger partial charge on any atom is 0.258 e. The molecule has 2 atom stereocenters. The van der Waals surface area contributed by atoms with Crippen LogP contribution in [0.2, 0.25) is 0 Å². The Kier molecular flexibility index (Phi) is 3.88. The molecule has 2 unspecified atom stereocenters. The maximum atomic E-state index is 14.7. The third kappa shape index (κ3) is 3.14. The minimum absolute atomic E-state index is 0.0446. The highest BCUT2D eigenvalue weighted by atomic mass is 32.2. The summed E-state index contributed by atoms with van der Waals surface area (Å²) < 4.78 is 39.2. The molecule has 1 amide bonds. The van der Waals surface area contributed by atoms with Crippen molar-refractivity contribution in [1.29, 1.82) is 0 Å². The van der Waals surface area contributed by atoms with Crippen LogP contribution in [-0.2, 0) is 14.8 Å². The van der Waals surface area contributed by atoms with Crippen molar-refractivity contribution in [1.82, 2.24) is 10.0 Å². The summed E-state index contributed by atoms with van der Waals surface area (Å²) in [5, 5.41) is 2.65. The molecule has 20 heavy (non-hydrogen) atoms. The second-order valence-corrected chi connectivity index (χ2v) is 8.53. The number of rotatable bonds is 5. The van der Waals surface area contributed by atoms with E-state index < -0.39 is 27.1 Å². The van der Waals surface area contributed by atoms with Crippen molar-refractivity contribution in [2.45, 2.75) is 50.7 Å². The van der Waals surface area contributed by atoms with Gasteiger partial charge in [-0.25, -0.2) is 17.5 Å². The van der Waals surface area contributed by atoms with Crippen molar-refractivity contribution in [2.75, 3.05) is 12.8 Å². The molecule has 2 saturated carbocycles. The van der Waals surface area contributed by atoms with Gasteiger partial charge in [0.25, 0.3) is 5.91 Å². The Morgan fingerprint density at radius 3 is 2.25 bits per heavy atom. The molecule has 0 aromatic heterocycles. The molecular weight excluding hydrogens is 283 g/mol. The predicted molar refractivity (Wildman–Crippen MR) is 74.4 cm³/mol. The molecule has 0 radical (unpaired) electrons. The van der Waals surface area contributed by atoms with Gasteiger partial charge in [-0.1, -0.05) is 12.8 Å². The average Bonchev–Trinajstić information content (AvgIpc) is 2.94. The number of amides is 1. The van der Waals surface area contributed by atoms with Gasteiger partial charge in [-0.05, 0) is 26.7 Å². The number of carbonyl (C=O) groups excluding carboxylic acids is 1. The lowest BCUT2D eigenvalue weighted by Crippen LogP contribution is -2.54. The molecule has 2 aliphatic carbocycles. The van der Waals surface area contributed by atoms with E-state index in [0.717, 1.165) is 31.9 Å². The van der Waals surface area contributed by atoms with E-state index in [1.54, 1.807) is 13.8 Å². The normalized spacial score (nSPS) is 33.4. The smallest absolute Gasteiger partial charge is 0.258 e. The van der Waals surface area contributed by atoms with Gasteiger partial charge in [-0.2, -0.15) is 0 Å². The predicted octanol–water partition coefficient (Wildman–Crippen LogP) is 0.959. The maximum absolute atomic E-state index is 14.7. The van der Waals surface area contributed by atoms with Crippen LogP contribution in [0.1, 0.15) is 39.5 Å². The first-order valence-corrected chi connectivity index (χ1v) is 8.91. The van der Waals surface area contributed by atoms with Crippen LogP contribution in [0.25, 0.3) is 0 Å². The fourth-order valence-electron chi connectivity index (χ4n) is 3.15. The third-order valence-corrected chi connectivity index (χ3v) is 4.98. The van der Waals surface area contributed by atoms with Crippen LogP contribution in [0.15, 0.2) is 0 Å². The standard InChI is InChI=1S/C13H23FN2O3S/c1-12(2,8-15-20(3,18)19)16-11(17)13(14)9-6-4-5-7-10(9)13/h9-10,15H,4-8H2,1-3H3,(H,16,17). The van der Waals surface area contributed by atoms with Crippen LogP contribution in [0.4, 0.5) is 4.39 Å². The molecule has 7 heteroatoms. The van der Waals surface area contributed by atoms with E-state index in [0.29, 0.717) is 0 Å². The molecule has 0 aromatic rings. The van der Waals surface area contributed by atoms with Crippen LogP contribution in [0.3, 0.4) is 0 Å². The van der Waals surface area contributed by atoms with E-state index in [1.807, 2.05) is 0 Å². The fourth-order valence-corrected chi connectivity index (χ4v) is 3.77. The quantitative estimate of drug-likeness (QED) is 0.794. The monoisotopic (exact) mass is 306 g/mol. The minimum atomic E-state index is -3.33. The second-order valence-electron chi connectivity index (χ2n) is 6.70. The largest absolute Gasteiger partial charge is 0.347 e. The van der Waals surface area contributed by atoms with E-state index in [9.17, 15) is 17.6 Å². The Morgan fingerprint density at radius 1 is 1.30 bits per heavy atom. The van der Waals surface area contributed by atoms with Gasteiger partial charge in [0.15, 0.2) is 5.67 Å². The minimum Gasteiger partial charge on any atom is -0.347 e. The van der Waals surface area contributed by atoms with E-state index >= 15 is 0 Å². The number of alkyl halides is 1. The Bertz CT molecular complexity index is 492. The summed E-state index contributed by atoms with van der Waals surface area (Å²) in [6.45, 7) is 3.40. The summed E-state index contributed by atoms with van der Waals surface area (Å²) in [6, 6.07) is 0. The third-order valence-electron chi connectivity index (χ3n) is 4.31. The van der Waals surface area contributed by atoms with Crippen molar-refractivity contribution >= 4 is 15.9 Å². The number of carbonyl (C=O) groups is 1. The molecule has 2 N–H and O–H groups in total. The molecule has 0 saturated heterocycles. The molecule has 2 rings (SSSR count). The van der Waals surface area contributed by atoms with Gasteiger partial charge in [0.05, 0.1) is 6.26 Å². The highest BCUT2D eigenvalue weighted by Gasteiger charge is 2.71. The highest BCUT2D eigenvalue weighted by Crippen LogP contribution is 2.61. The lowest BCUT2D eigenvalue weighted by Gasteiger charge is -2.27.